The average Bonchev–Trinajstić information content (AvgIpc) is 2.94. The lowest BCUT2D eigenvalue weighted by molar-refractivity contribution is 0.366. The molecule has 1 aromatic carbocycles. The normalized spacial score (nSPS) is 11.8. The minimum atomic E-state index is -0.270. The molecule has 0 aliphatic rings. The molecule has 0 atom stereocenters. The van der Waals surface area contributed by atoms with Gasteiger partial charge in [-0.15, -0.1) is 0 Å². The fraction of sp³-hybridized carbons (Fsp3) is 0.353. The molecule has 0 radical (unpaired) electrons. The highest BCUT2D eigenvalue weighted by molar-refractivity contribution is 5.74. The molecule has 2 aromatic heterocycles. The number of benzene rings is 1. The maximum absolute atomic E-state index is 12.9. The third kappa shape index (κ3) is 3.29. The first kappa shape index (κ1) is 16.2. The molecule has 0 unspecified atom stereocenters. The van der Waals surface area contributed by atoms with E-state index in [0.717, 1.165) is 5.56 Å². The van der Waals surface area contributed by atoms with Gasteiger partial charge < -0.3 is 5.32 Å². The van der Waals surface area contributed by atoms with E-state index in [1.54, 1.807) is 16.8 Å². The molecule has 0 aliphatic heterocycles. The third-order valence-corrected chi connectivity index (χ3v) is 3.69. The van der Waals surface area contributed by atoms with E-state index in [9.17, 15) is 9.18 Å². The molecule has 2 heterocycles. The highest BCUT2D eigenvalue weighted by Crippen LogP contribution is 2.18. The average molecular weight is 329 g/mol. The molecule has 24 heavy (non-hydrogen) atoms. The summed E-state index contributed by atoms with van der Waals surface area (Å²) in [6, 6.07) is 6.35. The summed E-state index contributed by atoms with van der Waals surface area (Å²) in [7, 11) is 0. The number of nitrogens with one attached hydrogen (secondary N) is 2. The van der Waals surface area contributed by atoms with Crippen LogP contribution in [0.15, 0.2) is 35.3 Å². The number of hydrogen-bond donors (Lipinski definition) is 2. The Bertz CT molecular complexity index is 905. The van der Waals surface area contributed by atoms with Crippen LogP contribution in [0.5, 0.6) is 0 Å². The molecule has 0 fully saturated rings. The van der Waals surface area contributed by atoms with Gasteiger partial charge in [0, 0.05) is 6.54 Å². The van der Waals surface area contributed by atoms with Crippen LogP contribution in [-0.4, -0.2) is 26.3 Å². The number of halogens is 1. The predicted molar refractivity (Wildman–Crippen MR) is 91.7 cm³/mol. The van der Waals surface area contributed by atoms with Gasteiger partial charge in [-0.1, -0.05) is 12.1 Å². The summed E-state index contributed by atoms with van der Waals surface area (Å²) in [5.74, 6) is 0.152. The SMILES string of the molecule is CC(C)(C)n1ncc2c(=O)[nH]c(NCCc3ccc(F)cc3)nc21. The summed E-state index contributed by atoms with van der Waals surface area (Å²) in [6.45, 7) is 6.58. The number of H-pyrrole nitrogens is 1. The Kier molecular flexibility index (Phi) is 4.09. The van der Waals surface area contributed by atoms with E-state index in [2.05, 4.69) is 20.4 Å². The van der Waals surface area contributed by atoms with Crippen LogP contribution < -0.4 is 10.9 Å². The van der Waals surface area contributed by atoms with Crippen molar-refractivity contribution in [3.8, 4) is 0 Å². The summed E-state index contributed by atoms with van der Waals surface area (Å²) in [6.07, 6.45) is 2.23. The second-order valence-corrected chi connectivity index (χ2v) is 6.68. The van der Waals surface area contributed by atoms with Crippen molar-refractivity contribution in [2.45, 2.75) is 32.7 Å². The predicted octanol–water partition coefficient (Wildman–Crippen LogP) is 2.67. The highest BCUT2D eigenvalue weighted by Gasteiger charge is 2.19. The molecular weight excluding hydrogens is 309 g/mol. The lowest BCUT2D eigenvalue weighted by Crippen LogP contribution is -2.24. The van der Waals surface area contributed by atoms with Crippen LogP contribution in [0.3, 0.4) is 0 Å². The lowest BCUT2D eigenvalue weighted by atomic mass is 10.1. The van der Waals surface area contributed by atoms with Crippen molar-refractivity contribution in [1.29, 1.82) is 0 Å². The van der Waals surface area contributed by atoms with Crippen molar-refractivity contribution in [3.05, 3.63) is 52.2 Å². The molecule has 2 N–H and O–H groups in total. The van der Waals surface area contributed by atoms with Gasteiger partial charge in [0.25, 0.3) is 5.56 Å². The van der Waals surface area contributed by atoms with Crippen LogP contribution in [0.25, 0.3) is 11.0 Å². The molecule has 0 aliphatic carbocycles. The van der Waals surface area contributed by atoms with Crippen LogP contribution in [0.1, 0.15) is 26.3 Å². The largest absolute Gasteiger partial charge is 0.355 e. The molecular formula is C17H20FN5O. The Balaban J connectivity index is 1.79. The van der Waals surface area contributed by atoms with E-state index >= 15 is 0 Å². The van der Waals surface area contributed by atoms with Crippen molar-refractivity contribution in [2.75, 3.05) is 11.9 Å². The number of aromatic nitrogens is 4. The molecule has 0 bridgehead atoms. The zero-order valence-electron chi connectivity index (χ0n) is 13.9. The first-order chi connectivity index (χ1) is 11.3. The van der Waals surface area contributed by atoms with E-state index in [1.807, 2.05) is 20.8 Å². The minimum absolute atomic E-state index is 0.222. The second-order valence-electron chi connectivity index (χ2n) is 6.68. The molecule has 3 aromatic rings. The van der Waals surface area contributed by atoms with Crippen molar-refractivity contribution in [2.24, 2.45) is 0 Å². The lowest BCUT2D eigenvalue weighted by Gasteiger charge is -2.19. The molecule has 6 nitrogen and oxygen atoms in total. The summed E-state index contributed by atoms with van der Waals surface area (Å²) >= 11 is 0. The highest BCUT2D eigenvalue weighted by atomic mass is 19.1. The monoisotopic (exact) mass is 329 g/mol. The van der Waals surface area contributed by atoms with Gasteiger partial charge in [-0.3, -0.25) is 9.78 Å². The van der Waals surface area contributed by atoms with Crippen LogP contribution in [0.4, 0.5) is 10.3 Å². The maximum atomic E-state index is 12.9. The number of aromatic amines is 1. The van der Waals surface area contributed by atoms with E-state index in [1.165, 1.54) is 18.3 Å². The van der Waals surface area contributed by atoms with Gasteiger partial charge in [0.05, 0.1) is 11.7 Å². The van der Waals surface area contributed by atoms with Crippen molar-refractivity contribution in [3.63, 3.8) is 0 Å². The standard InChI is InChI=1S/C17H20FN5O/c1-17(2,3)23-14-13(10-20-23)15(24)22-16(21-14)19-9-8-11-4-6-12(18)7-5-11/h4-7,10H,8-9H2,1-3H3,(H2,19,21,22,24). The number of hydrogen-bond acceptors (Lipinski definition) is 4. The third-order valence-electron chi connectivity index (χ3n) is 3.69. The summed E-state index contributed by atoms with van der Waals surface area (Å²) in [4.78, 5) is 19.4. The number of nitrogens with zero attached hydrogens (tertiary/aromatic N) is 3. The maximum Gasteiger partial charge on any atom is 0.263 e. The topological polar surface area (TPSA) is 75.6 Å². The summed E-state index contributed by atoms with van der Waals surface area (Å²) < 4.78 is 14.6. The van der Waals surface area contributed by atoms with Crippen molar-refractivity contribution < 1.29 is 4.39 Å². The second kappa shape index (κ2) is 6.07. The molecule has 3 rings (SSSR count). The Labute approximate surface area is 138 Å². The summed E-state index contributed by atoms with van der Waals surface area (Å²) in [5, 5.41) is 7.85. The van der Waals surface area contributed by atoms with Gasteiger partial charge in [-0.05, 0) is 44.9 Å². The van der Waals surface area contributed by atoms with Gasteiger partial charge in [0.15, 0.2) is 5.65 Å². The molecule has 0 saturated carbocycles. The Morgan fingerprint density at radius 3 is 2.62 bits per heavy atom. The molecule has 0 spiro atoms. The smallest absolute Gasteiger partial charge is 0.263 e. The van der Waals surface area contributed by atoms with Crippen molar-refractivity contribution in [1.82, 2.24) is 19.7 Å². The molecule has 126 valence electrons. The van der Waals surface area contributed by atoms with Gasteiger partial charge in [0.2, 0.25) is 5.95 Å². The Hall–Kier alpha value is -2.70. The van der Waals surface area contributed by atoms with E-state index in [4.69, 9.17) is 0 Å². The molecule has 0 saturated heterocycles. The quantitative estimate of drug-likeness (QED) is 0.771. The van der Waals surface area contributed by atoms with Gasteiger partial charge in [0.1, 0.15) is 11.2 Å². The number of anilines is 1. The zero-order chi connectivity index (χ0) is 17.3. The van der Waals surface area contributed by atoms with Gasteiger partial charge in [-0.2, -0.15) is 10.1 Å². The van der Waals surface area contributed by atoms with Gasteiger partial charge in [-0.25, -0.2) is 9.07 Å². The van der Waals surface area contributed by atoms with Crippen LogP contribution in [0, 0.1) is 5.82 Å². The van der Waals surface area contributed by atoms with E-state index in [-0.39, 0.29) is 16.9 Å². The zero-order valence-corrected chi connectivity index (χ0v) is 13.9. The molecule has 7 heteroatoms. The first-order valence-electron chi connectivity index (χ1n) is 7.81. The Morgan fingerprint density at radius 2 is 1.96 bits per heavy atom. The minimum Gasteiger partial charge on any atom is -0.355 e. The fourth-order valence-electron chi connectivity index (χ4n) is 2.47. The van der Waals surface area contributed by atoms with Gasteiger partial charge >= 0.3 is 0 Å². The number of fused-ring (bicyclic) bond motifs is 1. The summed E-state index contributed by atoms with van der Waals surface area (Å²) in [5.41, 5.74) is 1.07. The Morgan fingerprint density at radius 1 is 1.25 bits per heavy atom. The first-order valence-corrected chi connectivity index (χ1v) is 7.81. The number of rotatable bonds is 4. The van der Waals surface area contributed by atoms with E-state index < -0.39 is 0 Å². The van der Waals surface area contributed by atoms with E-state index in [0.29, 0.717) is 29.9 Å². The van der Waals surface area contributed by atoms with Crippen LogP contribution in [-0.2, 0) is 12.0 Å². The van der Waals surface area contributed by atoms with Crippen LogP contribution in [0.2, 0.25) is 0 Å². The molecule has 0 amide bonds. The van der Waals surface area contributed by atoms with Crippen molar-refractivity contribution >= 4 is 17.0 Å². The fourth-order valence-corrected chi connectivity index (χ4v) is 2.47. The van der Waals surface area contributed by atoms with Crippen LogP contribution >= 0.6 is 0 Å².